The average molecular weight is 523 g/mol. The van der Waals surface area contributed by atoms with Crippen LogP contribution in [0.4, 0.5) is 4.39 Å². The summed E-state index contributed by atoms with van der Waals surface area (Å²) in [6.45, 7) is 2.97. The number of H-pyrrole nitrogens is 1. The molecule has 3 aromatic carbocycles. The minimum atomic E-state index is -1.66. The van der Waals surface area contributed by atoms with E-state index in [1.54, 1.807) is 32.4 Å². The van der Waals surface area contributed by atoms with Crippen LogP contribution < -0.4 is 14.2 Å². The molecule has 2 heterocycles. The van der Waals surface area contributed by atoms with Crippen molar-refractivity contribution in [3.8, 4) is 17.2 Å². The molecule has 6 nitrogen and oxygen atoms in total. The van der Waals surface area contributed by atoms with Crippen LogP contribution in [0.1, 0.15) is 36.1 Å². The molecule has 5 rings (SSSR count). The molecule has 4 aromatic rings. The Balaban J connectivity index is 1.53. The van der Waals surface area contributed by atoms with Crippen molar-refractivity contribution in [3.05, 3.63) is 83.3 Å². The molecule has 0 radical (unpaired) electrons. The summed E-state index contributed by atoms with van der Waals surface area (Å²) in [5, 5.41) is 1.10. The molecule has 194 valence electrons. The van der Waals surface area contributed by atoms with Gasteiger partial charge in [0.15, 0.2) is 17.3 Å². The lowest BCUT2D eigenvalue weighted by Crippen LogP contribution is -2.40. The van der Waals surface area contributed by atoms with E-state index < -0.39 is 17.2 Å². The predicted molar refractivity (Wildman–Crippen MR) is 143 cm³/mol. The van der Waals surface area contributed by atoms with E-state index in [0.717, 1.165) is 39.8 Å². The second kappa shape index (κ2) is 11.0. The Morgan fingerprint density at radius 1 is 1.08 bits per heavy atom. The topological polar surface area (TPSA) is 69.8 Å². The van der Waals surface area contributed by atoms with Gasteiger partial charge in [0.1, 0.15) is 5.75 Å². The molecule has 2 unspecified atom stereocenters. The molecule has 0 bridgehead atoms. The first-order chi connectivity index (χ1) is 18.0. The molecule has 0 fully saturated rings. The maximum absolute atomic E-state index is 14.7. The number of nitrogens with one attached hydrogen (secondary N) is 1. The Kier molecular flexibility index (Phi) is 7.60. The fourth-order valence-corrected chi connectivity index (χ4v) is 6.50. The van der Waals surface area contributed by atoms with Crippen molar-refractivity contribution >= 4 is 22.3 Å². The zero-order valence-electron chi connectivity index (χ0n) is 21.3. The van der Waals surface area contributed by atoms with E-state index in [4.69, 9.17) is 14.2 Å². The number of aromatic amines is 1. The zero-order chi connectivity index (χ0) is 25.9. The van der Waals surface area contributed by atoms with Crippen molar-refractivity contribution in [2.45, 2.75) is 37.1 Å². The number of hydrogen-bond acceptors (Lipinski definition) is 5. The van der Waals surface area contributed by atoms with Gasteiger partial charge in [-0.05, 0) is 85.3 Å². The summed E-state index contributed by atoms with van der Waals surface area (Å²) in [5.74, 6) is 1.68. The number of nitrogens with zero attached hydrogens (tertiary/aromatic N) is 1. The van der Waals surface area contributed by atoms with E-state index in [-0.39, 0.29) is 10.9 Å². The fraction of sp³-hybridized carbons (Fsp3) is 0.310. The Hall–Kier alpha value is -3.20. The van der Waals surface area contributed by atoms with Crippen molar-refractivity contribution in [2.75, 3.05) is 27.4 Å². The molecular formula is C29H31FN2O4S. The summed E-state index contributed by atoms with van der Waals surface area (Å²) in [6, 6.07) is 16.1. The molecular weight excluding hydrogens is 491 g/mol. The molecule has 0 aliphatic carbocycles. The summed E-state index contributed by atoms with van der Waals surface area (Å²) in [4.78, 5) is 3.54. The van der Waals surface area contributed by atoms with E-state index in [2.05, 4.69) is 4.98 Å². The number of hydrogen-bond donors (Lipinski definition) is 1. The van der Waals surface area contributed by atoms with Crippen LogP contribution >= 0.6 is 0 Å². The van der Waals surface area contributed by atoms with Crippen LogP contribution in [0.25, 0.3) is 10.9 Å². The Morgan fingerprint density at radius 3 is 2.68 bits per heavy atom. The first-order valence-corrected chi connectivity index (χ1v) is 13.5. The largest absolute Gasteiger partial charge is 0.593 e. The molecule has 1 aliphatic heterocycles. The molecule has 8 heteroatoms. The number of ether oxygens (including phenoxy) is 3. The molecule has 37 heavy (non-hydrogen) atoms. The van der Waals surface area contributed by atoms with E-state index in [1.807, 2.05) is 47.8 Å². The number of benzene rings is 3. The maximum Gasteiger partial charge on any atom is 0.209 e. The standard InChI is InChI=1S/C29H31FN2O4S/c1-4-36-28-17-23-19(15-27(28)35-3)13-14-32(37(33)29-8-6-5-7-24(29)30)26(23)12-9-20-18-31-25-11-10-21(34-2)16-22(20)25/h5-8,10-11,15-18,26,31H,4,9,12-14H2,1-3H3. The van der Waals surface area contributed by atoms with Gasteiger partial charge < -0.3 is 23.7 Å². The van der Waals surface area contributed by atoms with Crippen LogP contribution in [-0.2, 0) is 24.2 Å². The molecule has 1 N–H and O–H groups in total. The van der Waals surface area contributed by atoms with Gasteiger partial charge in [-0.15, -0.1) is 4.31 Å². The first-order valence-electron chi connectivity index (χ1n) is 12.4. The number of methoxy groups -OCH3 is 2. The maximum atomic E-state index is 14.7. The van der Waals surface area contributed by atoms with Gasteiger partial charge in [-0.1, -0.05) is 12.1 Å². The summed E-state index contributed by atoms with van der Waals surface area (Å²) < 4.78 is 47.2. The number of fused-ring (bicyclic) bond motifs is 2. The van der Waals surface area contributed by atoms with E-state index >= 15 is 0 Å². The van der Waals surface area contributed by atoms with Crippen LogP contribution in [0.5, 0.6) is 17.2 Å². The van der Waals surface area contributed by atoms with Crippen molar-refractivity contribution in [2.24, 2.45) is 0 Å². The summed E-state index contributed by atoms with van der Waals surface area (Å²) in [5.41, 5.74) is 4.36. The summed E-state index contributed by atoms with van der Waals surface area (Å²) in [6.07, 6.45) is 4.12. The highest BCUT2D eigenvalue weighted by Gasteiger charge is 2.38. The van der Waals surface area contributed by atoms with Crippen molar-refractivity contribution in [3.63, 3.8) is 0 Å². The zero-order valence-corrected chi connectivity index (χ0v) is 22.1. The Labute approximate surface area is 219 Å². The van der Waals surface area contributed by atoms with Crippen LogP contribution in [-0.4, -0.2) is 41.2 Å². The highest BCUT2D eigenvalue weighted by molar-refractivity contribution is 7.89. The molecule has 0 saturated carbocycles. The molecule has 0 amide bonds. The van der Waals surface area contributed by atoms with Crippen molar-refractivity contribution in [1.82, 2.24) is 9.29 Å². The third-order valence-electron chi connectivity index (χ3n) is 6.93. The molecule has 2 atom stereocenters. The van der Waals surface area contributed by atoms with Gasteiger partial charge >= 0.3 is 0 Å². The lowest BCUT2D eigenvalue weighted by Gasteiger charge is -2.37. The average Bonchev–Trinajstić information content (AvgIpc) is 3.33. The predicted octanol–water partition coefficient (Wildman–Crippen LogP) is 5.98. The lowest BCUT2D eigenvalue weighted by molar-refractivity contribution is 0.283. The van der Waals surface area contributed by atoms with Crippen LogP contribution in [0, 0.1) is 5.82 Å². The number of rotatable bonds is 9. The molecule has 1 aromatic heterocycles. The van der Waals surface area contributed by atoms with Gasteiger partial charge in [-0.25, -0.2) is 4.39 Å². The monoisotopic (exact) mass is 522 g/mol. The second-order valence-electron chi connectivity index (χ2n) is 8.99. The summed E-state index contributed by atoms with van der Waals surface area (Å²) >= 11 is -1.66. The molecule has 0 saturated heterocycles. The van der Waals surface area contributed by atoms with E-state index in [9.17, 15) is 8.94 Å². The first kappa shape index (κ1) is 25.4. The van der Waals surface area contributed by atoms with Gasteiger partial charge in [0, 0.05) is 23.6 Å². The third-order valence-corrected chi connectivity index (χ3v) is 8.50. The van der Waals surface area contributed by atoms with Crippen LogP contribution in [0.15, 0.2) is 65.7 Å². The third kappa shape index (κ3) is 5.01. The van der Waals surface area contributed by atoms with Crippen molar-refractivity contribution < 1.29 is 23.2 Å². The van der Waals surface area contributed by atoms with Gasteiger partial charge in [-0.3, -0.25) is 0 Å². The minimum absolute atomic E-state index is 0.200. The highest BCUT2D eigenvalue weighted by Crippen LogP contribution is 2.42. The van der Waals surface area contributed by atoms with Gasteiger partial charge in [0.2, 0.25) is 4.90 Å². The van der Waals surface area contributed by atoms with E-state index in [0.29, 0.717) is 37.5 Å². The highest BCUT2D eigenvalue weighted by atomic mass is 32.2. The number of halogens is 1. The Morgan fingerprint density at radius 2 is 1.92 bits per heavy atom. The number of aryl methyl sites for hydroxylation is 1. The molecule has 1 aliphatic rings. The SMILES string of the molecule is CCOc1cc2c(cc1OC)CCN([S+]([O-])c1ccccc1F)C2CCc1c[nH]c2ccc(OC)cc12. The lowest BCUT2D eigenvalue weighted by atomic mass is 9.90. The van der Waals surface area contributed by atoms with Crippen LogP contribution in [0.2, 0.25) is 0 Å². The normalized spacial score (nSPS) is 16.4. The summed E-state index contributed by atoms with van der Waals surface area (Å²) in [7, 11) is 3.29. The van der Waals surface area contributed by atoms with E-state index in [1.165, 1.54) is 6.07 Å². The van der Waals surface area contributed by atoms with Crippen LogP contribution in [0.3, 0.4) is 0 Å². The number of aromatic nitrogens is 1. The van der Waals surface area contributed by atoms with Gasteiger partial charge in [0.25, 0.3) is 0 Å². The van der Waals surface area contributed by atoms with Crippen molar-refractivity contribution in [1.29, 1.82) is 0 Å². The molecule has 0 spiro atoms. The second-order valence-corrected chi connectivity index (χ2v) is 10.4. The minimum Gasteiger partial charge on any atom is -0.593 e. The quantitative estimate of drug-likeness (QED) is 0.274. The van der Waals surface area contributed by atoms with Gasteiger partial charge in [-0.2, -0.15) is 0 Å². The smallest absolute Gasteiger partial charge is 0.209 e. The van der Waals surface area contributed by atoms with Gasteiger partial charge in [0.05, 0.1) is 38.2 Å². The fourth-order valence-electron chi connectivity index (χ4n) is 5.11. The Bertz CT molecular complexity index is 1390.